The van der Waals surface area contributed by atoms with Crippen LogP contribution in [0.5, 0.6) is 0 Å². The third-order valence-electron chi connectivity index (χ3n) is 4.01. The van der Waals surface area contributed by atoms with Crippen LogP contribution in [-0.4, -0.2) is 30.1 Å². The quantitative estimate of drug-likeness (QED) is 0.507. The van der Waals surface area contributed by atoms with E-state index in [0.717, 1.165) is 0 Å². The Morgan fingerprint density at radius 2 is 1.62 bits per heavy atom. The fraction of sp³-hybridized carbons (Fsp3) is 0.190. The third kappa shape index (κ3) is 4.78. The van der Waals surface area contributed by atoms with E-state index in [1.165, 1.54) is 6.20 Å². The van der Waals surface area contributed by atoms with E-state index in [2.05, 4.69) is 10.3 Å². The molecule has 0 unspecified atom stereocenters. The van der Waals surface area contributed by atoms with Crippen LogP contribution in [-0.2, 0) is 9.47 Å². The maximum Gasteiger partial charge on any atom is 0.341 e. The Morgan fingerprint density at radius 1 is 0.966 bits per heavy atom. The summed E-state index contributed by atoms with van der Waals surface area (Å²) in [4.78, 5) is 29.0. The summed E-state index contributed by atoms with van der Waals surface area (Å²) in [6.07, 6.45) is 1.43. The molecule has 0 amide bonds. The van der Waals surface area contributed by atoms with E-state index < -0.39 is 11.9 Å². The number of carbonyl (C=O) groups excluding carboxylic acids is 2. The normalized spacial score (nSPS) is 10.6. The minimum absolute atomic E-state index is 0.210. The predicted octanol–water partition coefficient (Wildman–Crippen LogP) is 5.64. The second kappa shape index (κ2) is 9.11. The lowest BCUT2D eigenvalue weighted by molar-refractivity contribution is 0.0518. The van der Waals surface area contributed by atoms with E-state index in [-0.39, 0.29) is 18.8 Å². The number of esters is 2. The van der Waals surface area contributed by atoms with Crippen LogP contribution in [0.2, 0.25) is 10.0 Å². The highest BCUT2D eigenvalue weighted by molar-refractivity contribution is 6.35. The molecule has 2 aromatic carbocycles. The van der Waals surface area contributed by atoms with Gasteiger partial charge in [0.05, 0.1) is 30.0 Å². The summed E-state index contributed by atoms with van der Waals surface area (Å²) >= 11 is 12.2. The van der Waals surface area contributed by atoms with Crippen LogP contribution in [0.25, 0.3) is 10.9 Å². The van der Waals surface area contributed by atoms with Gasteiger partial charge in [-0.1, -0.05) is 23.2 Å². The number of carbonyl (C=O) groups is 2. The molecule has 0 saturated heterocycles. The number of halogens is 2. The van der Waals surface area contributed by atoms with Crippen molar-refractivity contribution in [2.45, 2.75) is 13.8 Å². The largest absolute Gasteiger partial charge is 0.462 e. The Morgan fingerprint density at radius 3 is 2.28 bits per heavy atom. The van der Waals surface area contributed by atoms with E-state index in [0.29, 0.717) is 37.9 Å². The van der Waals surface area contributed by atoms with Crippen molar-refractivity contribution in [1.82, 2.24) is 4.98 Å². The summed E-state index contributed by atoms with van der Waals surface area (Å²) in [6.45, 7) is 3.91. The van der Waals surface area contributed by atoms with Crippen LogP contribution in [0.3, 0.4) is 0 Å². The van der Waals surface area contributed by atoms with Gasteiger partial charge in [-0.3, -0.25) is 4.98 Å². The van der Waals surface area contributed by atoms with Crippen molar-refractivity contribution in [1.29, 1.82) is 0 Å². The number of nitrogens with zero attached hydrogens (tertiary/aromatic N) is 1. The van der Waals surface area contributed by atoms with Gasteiger partial charge in [-0.25, -0.2) is 9.59 Å². The molecule has 0 saturated carbocycles. The van der Waals surface area contributed by atoms with Crippen molar-refractivity contribution in [2.24, 2.45) is 0 Å². The molecule has 0 aliphatic carbocycles. The summed E-state index contributed by atoms with van der Waals surface area (Å²) in [7, 11) is 0. The molecular weight excluding hydrogens is 415 g/mol. The molecule has 3 rings (SSSR count). The van der Waals surface area contributed by atoms with Crippen LogP contribution in [0.15, 0.2) is 42.6 Å². The molecule has 0 bridgehead atoms. The number of aromatic nitrogens is 1. The average Bonchev–Trinajstić information content (AvgIpc) is 2.67. The van der Waals surface area contributed by atoms with Crippen LogP contribution in [0.1, 0.15) is 34.6 Å². The van der Waals surface area contributed by atoms with Crippen LogP contribution >= 0.6 is 23.2 Å². The number of ether oxygens (including phenoxy) is 2. The number of hydrogen-bond acceptors (Lipinski definition) is 6. The zero-order valence-electron chi connectivity index (χ0n) is 15.8. The first-order valence-corrected chi connectivity index (χ1v) is 9.68. The molecule has 3 aromatic rings. The maximum absolute atomic E-state index is 12.5. The summed E-state index contributed by atoms with van der Waals surface area (Å²) in [5.74, 6) is -1.01. The summed E-state index contributed by atoms with van der Waals surface area (Å²) < 4.78 is 10.2. The third-order valence-corrected chi connectivity index (χ3v) is 4.44. The molecule has 0 aliphatic heterocycles. The van der Waals surface area contributed by atoms with Crippen molar-refractivity contribution in [3.05, 3.63) is 63.8 Å². The molecule has 0 atom stereocenters. The van der Waals surface area contributed by atoms with Crippen molar-refractivity contribution in [3.8, 4) is 0 Å². The summed E-state index contributed by atoms with van der Waals surface area (Å²) in [5, 5.41) is 4.59. The fourth-order valence-electron chi connectivity index (χ4n) is 2.80. The molecule has 1 aromatic heterocycles. The Bertz CT molecular complexity index is 1060. The lowest BCUT2D eigenvalue weighted by atomic mass is 10.1. The van der Waals surface area contributed by atoms with Gasteiger partial charge in [-0.2, -0.15) is 0 Å². The Labute approximate surface area is 177 Å². The second-order valence-corrected chi connectivity index (χ2v) is 6.88. The van der Waals surface area contributed by atoms with Crippen molar-refractivity contribution >= 4 is 57.4 Å². The predicted molar refractivity (Wildman–Crippen MR) is 113 cm³/mol. The fourth-order valence-corrected chi connectivity index (χ4v) is 3.33. The molecule has 0 aliphatic rings. The van der Waals surface area contributed by atoms with Gasteiger partial charge < -0.3 is 14.8 Å². The SMILES string of the molecule is CCOC(=O)c1ccc2ncc(C(=O)OCC)c(Nc3cc(Cl)cc(Cl)c3)c2c1. The van der Waals surface area contributed by atoms with Gasteiger partial charge in [0, 0.05) is 27.3 Å². The number of pyridine rings is 1. The zero-order chi connectivity index (χ0) is 21.0. The Balaban J connectivity index is 2.19. The first-order valence-electron chi connectivity index (χ1n) is 8.93. The number of hydrogen-bond donors (Lipinski definition) is 1. The minimum Gasteiger partial charge on any atom is -0.462 e. The van der Waals surface area contributed by atoms with Crippen LogP contribution in [0, 0.1) is 0 Å². The molecule has 0 spiro atoms. The average molecular weight is 433 g/mol. The summed E-state index contributed by atoms with van der Waals surface area (Å²) in [5.41, 5.74) is 2.15. The lowest BCUT2D eigenvalue weighted by Gasteiger charge is -2.15. The Hall–Kier alpha value is -2.83. The molecule has 1 N–H and O–H groups in total. The van der Waals surface area contributed by atoms with Crippen molar-refractivity contribution in [3.63, 3.8) is 0 Å². The molecule has 150 valence electrons. The van der Waals surface area contributed by atoms with Gasteiger partial charge in [0.1, 0.15) is 5.56 Å². The molecule has 6 nitrogen and oxygen atoms in total. The highest BCUT2D eigenvalue weighted by atomic mass is 35.5. The second-order valence-electron chi connectivity index (χ2n) is 6.00. The van der Waals surface area contributed by atoms with E-state index in [1.807, 2.05) is 0 Å². The van der Waals surface area contributed by atoms with E-state index in [4.69, 9.17) is 32.7 Å². The highest BCUT2D eigenvalue weighted by Crippen LogP contribution is 2.32. The van der Waals surface area contributed by atoms with E-state index in [9.17, 15) is 9.59 Å². The van der Waals surface area contributed by atoms with E-state index in [1.54, 1.807) is 50.2 Å². The summed E-state index contributed by atoms with van der Waals surface area (Å²) in [6, 6.07) is 9.87. The number of benzene rings is 2. The van der Waals surface area contributed by atoms with Gasteiger partial charge in [-0.05, 0) is 50.2 Å². The minimum atomic E-state index is -0.543. The topological polar surface area (TPSA) is 77.5 Å². The first-order chi connectivity index (χ1) is 13.9. The van der Waals surface area contributed by atoms with E-state index >= 15 is 0 Å². The molecule has 29 heavy (non-hydrogen) atoms. The van der Waals surface area contributed by atoms with Gasteiger partial charge in [0.15, 0.2) is 0 Å². The molecule has 8 heteroatoms. The zero-order valence-corrected chi connectivity index (χ0v) is 17.3. The number of nitrogens with one attached hydrogen (secondary N) is 1. The molecule has 0 radical (unpaired) electrons. The van der Waals surface area contributed by atoms with Crippen LogP contribution in [0.4, 0.5) is 11.4 Å². The molecule has 1 heterocycles. The van der Waals surface area contributed by atoms with Gasteiger partial charge in [-0.15, -0.1) is 0 Å². The smallest absolute Gasteiger partial charge is 0.341 e. The monoisotopic (exact) mass is 432 g/mol. The number of rotatable bonds is 6. The highest BCUT2D eigenvalue weighted by Gasteiger charge is 2.19. The van der Waals surface area contributed by atoms with Gasteiger partial charge >= 0.3 is 11.9 Å². The van der Waals surface area contributed by atoms with Crippen LogP contribution < -0.4 is 5.32 Å². The molecular formula is C21H18Cl2N2O4. The Kier molecular flexibility index (Phi) is 6.56. The number of anilines is 2. The maximum atomic E-state index is 12.5. The van der Waals surface area contributed by atoms with Gasteiger partial charge in [0.25, 0.3) is 0 Å². The lowest BCUT2D eigenvalue weighted by Crippen LogP contribution is -2.10. The van der Waals surface area contributed by atoms with Gasteiger partial charge in [0.2, 0.25) is 0 Å². The van der Waals surface area contributed by atoms with Crippen molar-refractivity contribution < 1.29 is 19.1 Å². The number of fused-ring (bicyclic) bond motifs is 1. The first kappa shape index (κ1) is 20.9. The standard InChI is InChI=1S/C21H18Cl2N2O4/c1-3-28-20(26)12-5-6-18-16(7-12)19(17(11-24-18)21(27)29-4-2)25-15-9-13(22)8-14(23)10-15/h5-11H,3-4H2,1-2H3,(H,24,25). The molecule has 0 fully saturated rings. The van der Waals surface area contributed by atoms with Crippen molar-refractivity contribution in [2.75, 3.05) is 18.5 Å².